The lowest BCUT2D eigenvalue weighted by molar-refractivity contribution is -0.134. The van der Waals surface area contributed by atoms with Gasteiger partial charge in [-0.3, -0.25) is 9.79 Å². The zero-order valence-corrected chi connectivity index (χ0v) is 21.4. The summed E-state index contributed by atoms with van der Waals surface area (Å²) in [6.07, 6.45) is 12.2. The molecule has 2 N–H and O–H groups in total. The number of amides is 1. The molecule has 2 saturated carbocycles. The summed E-state index contributed by atoms with van der Waals surface area (Å²) >= 11 is 0. The van der Waals surface area contributed by atoms with Crippen molar-refractivity contribution in [1.82, 2.24) is 15.5 Å². The number of likely N-dealkylation sites (tertiary alicyclic amines) is 1. The van der Waals surface area contributed by atoms with Crippen molar-refractivity contribution in [3.8, 4) is 0 Å². The van der Waals surface area contributed by atoms with Gasteiger partial charge in [-0.2, -0.15) is 0 Å². The number of nitrogens with zero attached hydrogens (tertiary/aromatic N) is 2. The Morgan fingerprint density at radius 1 is 1.10 bits per heavy atom. The molecule has 2 unspecified atom stereocenters. The van der Waals surface area contributed by atoms with Gasteiger partial charge in [-0.25, -0.2) is 0 Å². The fourth-order valence-electron chi connectivity index (χ4n) is 5.32. The molecule has 0 spiro atoms. The van der Waals surface area contributed by atoms with Crippen LogP contribution in [0.1, 0.15) is 78.1 Å². The van der Waals surface area contributed by atoms with Crippen molar-refractivity contribution in [3.63, 3.8) is 0 Å². The first kappa shape index (κ1) is 25.7. The Bertz CT molecular complexity index is 533. The molecular formula is C23H43IN4O2. The van der Waals surface area contributed by atoms with E-state index in [1.165, 1.54) is 38.5 Å². The maximum Gasteiger partial charge on any atom is 0.225 e. The SMILES string of the molecule is CCNC(=NCCC(OCC)C1CCCC1)NC1CCN(C(=O)C2CCCC2)C1.I. The van der Waals surface area contributed by atoms with Gasteiger partial charge < -0.3 is 20.3 Å². The van der Waals surface area contributed by atoms with Gasteiger partial charge in [0.15, 0.2) is 5.96 Å². The zero-order valence-electron chi connectivity index (χ0n) is 19.0. The van der Waals surface area contributed by atoms with Crippen LogP contribution in [0.4, 0.5) is 0 Å². The monoisotopic (exact) mass is 534 g/mol. The van der Waals surface area contributed by atoms with Crippen molar-refractivity contribution in [3.05, 3.63) is 0 Å². The van der Waals surface area contributed by atoms with Crippen LogP contribution >= 0.6 is 24.0 Å². The third-order valence-electron chi connectivity index (χ3n) is 6.88. The standard InChI is InChI=1S/C23H42N4O2.HI/c1-3-24-23(25-15-13-21(29-4-2)18-9-5-6-10-18)26-20-14-16-27(17-20)22(28)19-11-7-8-12-19;/h18-21H,3-17H2,1-2H3,(H2,24,25,26);1H. The van der Waals surface area contributed by atoms with Gasteiger partial charge >= 0.3 is 0 Å². The average molecular weight is 535 g/mol. The molecule has 0 bridgehead atoms. The molecule has 6 nitrogen and oxygen atoms in total. The van der Waals surface area contributed by atoms with Crippen molar-refractivity contribution in [2.24, 2.45) is 16.8 Å². The van der Waals surface area contributed by atoms with Gasteiger partial charge in [0.25, 0.3) is 0 Å². The number of hydrogen-bond donors (Lipinski definition) is 2. The lowest BCUT2D eigenvalue weighted by Crippen LogP contribution is -2.45. The van der Waals surface area contributed by atoms with Gasteiger partial charge in [0, 0.05) is 44.7 Å². The van der Waals surface area contributed by atoms with E-state index < -0.39 is 0 Å². The van der Waals surface area contributed by atoms with Crippen LogP contribution in [0.2, 0.25) is 0 Å². The molecule has 0 aromatic carbocycles. The third kappa shape index (κ3) is 7.53. The molecule has 0 aromatic heterocycles. The summed E-state index contributed by atoms with van der Waals surface area (Å²) in [5.74, 6) is 2.26. The van der Waals surface area contributed by atoms with Crippen LogP contribution in [0.3, 0.4) is 0 Å². The van der Waals surface area contributed by atoms with Gasteiger partial charge in [0.2, 0.25) is 5.91 Å². The predicted octanol–water partition coefficient (Wildman–Crippen LogP) is 3.94. The van der Waals surface area contributed by atoms with E-state index in [4.69, 9.17) is 9.73 Å². The molecule has 174 valence electrons. The Hall–Kier alpha value is -0.570. The maximum atomic E-state index is 12.7. The number of aliphatic imine (C=N–C) groups is 1. The molecule has 0 radical (unpaired) electrons. The number of ether oxygens (including phenoxy) is 1. The van der Waals surface area contributed by atoms with E-state index in [2.05, 4.69) is 29.4 Å². The number of nitrogens with one attached hydrogen (secondary N) is 2. The maximum absolute atomic E-state index is 12.7. The number of hydrogen-bond acceptors (Lipinski definition) is 3. The minimum Gasteiger partial charge on any atom is -0.378 e. The summed E-state index contributed by atoms with van der Waals surface area (Å²) in [5, 5.41) is 6.95. The second kappa shape index (κ2) is 13.8. The lowest BCUT2D eigenvalue weighted by Gasteiger charge is -2.23. The molecular weight excluding hydrogens is 491 g/mol. The van der Waals surface area contributed by atoms with Gasteiger partial charge in [0.05, 0.1) is 6.10 Å². The van der Waals surface area contributed by atoms with Gasteiger partial charge in [-0.15, -0.1) is 24.0 Å². The molecule has 3 fully saturated rings. The number of rotatable bonds is 9. The Morgan fingerprint density at radius 3 is 2.47 bits per heavy atom. The van der Waals surface area contributed by atoms with Crippen molar-refractivity contribution >= 4 is 35.8 Å². The third-order valence-corrected chi connectivity index (χ3v) is 6.88. The van der Waals surface area contributed by atoms with Crippen LogP contribution in [-0.2, 0) is 9.53 Å². The van der Waals surface area contributed by atoms with Gasteiger partial charge in [-0.1, -0.05) is 25.7 Å². The normalized spacial score (nSPS) is 24.1. The fraction of sp³-hybridized carbons (Fsp3) is 0.913. The molecule has 30 heavy (non-hydrogen) atoms. The van der Waals surface area contributed by atoms with Crippen LogP contribution in [0.15, 0.2) is 4.99 Å². The minimum atomic E-state index is 0. The summed E-state index contributed by atoms with van der Waals surface area (Å²) in [5.41, 5.74) is 0. The molecule has 7 heteroatoms. The van der Waals surface area contributed by atoms with E-state index in [9.17, 15) is 4.79 Å². The lowest BCUT2D eigenvalue weighted by atomic mass is 9.98. The predicted molar refractivity (Wildman–Crippen MR) is 133 cm³/mol. The number of carbonyl (C=O) groups excluding carboxylic acids is 1. The number of guanidine groups is 1. The Kier molecular flexibility index (Phi) is 11.8. The first-order chi connectivity index (χ1) is 14.2. The minimum absolute atomic E-state index is 0. The molecule has 3 rings (SSSR count). The topological polar surface area (TPSA) is 66.0 Å². The zero-order chi connectivity index (χ0) is 20.5. The summed E-state index contributed by atoms with van der Waals surface area (Å²) in [4.78, 5) is 19.6. The van der Waals surface area contributed by atoms with Gasteiger partial charge in [0.1, 0.15) is 0 Å². The van der Waals surface area contributed by atoms with Crippen molar-refractivity contribution in [2.45, 2.75) is 90.2 Å². The van der Waals surface area contributed by atoms with E-state index in [1.54, 1.807) is 0 Å². The van der Waals surface area contributed by atoms with Crippen LogP contribution in [0.25, 0.3) is 0 Å². The summed E-state index contributed by atoms with van der Waals surface area (Å²) in [6, 6.07) is 0.302. The Morgan fingerprint density at radius 2 is 1.80 bits per heavy atom. The highest BCUT2D eigenvalue weighted by Crippen LogP contribution is 2.31. The smallest absolute Gasteiger partial charge is 0.225 e. The van der Waals surface area contributed by atoms with Crippen molar-refractivity contribution in [1.29, 1.82) is 0 Å². The van der Waals surface area contributed by atoms with E-state index in [-0.39, 0.29) is 29.9 Å². The molecule has 1 heterocycles. The molecule has 3 aliphatic rings. The van der Waals surface area contributed by atoms with E-state index >= 15 is 0 Å². The van der Waals surface area contributed by atoms with E-state index in [0.717, 1.165) is 64.4 Å². The van der Waals surface area contributed by atoms with Crippen LogP contribution in [-0.4, -0.2) is 61.7 Å². The van der Waals surface area contributed by atoms with E-state index in [0.29, 0.717) is 24.0 Å². The van der Waals surface area contributed by atoms with E-state index in [1.807, 2.05) is 0 Å². The summed E-state index contributed by atoms with van der Waals surface area (Å²) in [7, 11) is 0. The number of carbonyl (C=O) groups is 1. The summed E-state index contributed by atoms with van der Waals surface area (Å²) < 4.78 is 6.04. The highest BCUT2D eigenvalue weighted by atomic mass is 127. The summed E-state index contributed by atoms with van der Waals surface area (Å²) in [6.45, 7) is 8.30. The quantitative estimate of drug-likeness (QED) is 0.267. The molecule has 2 aliphatic carbocycles. The van der Waals surface area contributed by atoms with Crippen molar-refractivity contribution < 1.29 is 9.53 Å². The second-order valence-electron chi connectivity index (χ2n) is 8.98. The molecule has 1 aliphatic heterocycles. The average Bonchev–Trinajstić information content (AvgIpc) is 3.49. The number of halogens is 1. The Balaban J connectivity index is 0.00000320. The van der Waals surface area contributed by atoms with Gasteiger partial charge in [-0.05, 0) is 58.3 Å². The Labute approximate surface area is 200 Å². The second-order valence-corrected chi connectivity index (χ2v) is 8.98. The first-order valence-corrected chi connectivity index (χ1v) is 12.2. The fourth-order valence-corrected chi connectivity index (χ4v) is 5.32. The highest BCUT2D eigenvalue weighted by molar-refractivity contribution is 14.0. The van der Waals surface area contributed by atoms with Crippen molar-refractivity contribution in [2.75, 3.05) is 32.8 Å². The molecule has 2 atom stereocenters. The van der Waals surface area contributed by atoms with Crippen LogP contribution in [0.5, 0.6) is 0 Å². The molecule has 0 aromatic rings. The largest absolute Gasteiger partial charge is 0.378 e. The highest BCUT2D eigenvalue weighted by Gasteiger charge is 2.32. The molecule has 1 amide bonds. The molecule has 1 saturated heterocycles. The van der Waals surface area contributed by atoms with Crippen LogP contribution in [0, 0.1) is 11.8 Å². The first-order valence-electron chi connectivity index (χ1n) is 12.2. The van der Waals surface area contributed by atoms with Crippen LogP contribution < -0.4 is 10.6 Å².